The number of hydrogen-bond donors (Lipinski definition) is 0. The maximum Gasteiger partial charge on any atom is 0.0496 e. The second-order valence-electron chi connectivity index (χ2n) is 10.8. The molecule has 0 fully saturated rings. The Bertz CT molecular complexity index is 1500. The summed E-state index contributed by atoms with van der Waals surface area (Å²) in [6.07, 6.45) is 19.9. The molecule has 3 aromatic carbocycles. The molecule has 0 aromatic heterocycles. The van der Waals surface area contributed by atoms with Crippen LogP contribution in [0.4, 0.5) is 11.4 Å². The van der Waals surface area contributed by atoms with Crippen LogP contribution in [0.5, 0.6) is 0 Å². The summed E-state index contributed by atoms with van der Waals surface area (Å²) in [5.74, 6) is 0. The first-order chi connectivity index (χ1) is 19.9. The van der Waals surface area contributed by atoms with Gasteiger partial charge in [-0.2, -0.15) is 0 Å². The molecule has 0 aliphatic heterocycles. The smallest absolute Gasteiger partial charge is 0.0496 e. The number of rotatable bonds is 10. The standard InChI is InChI=1S/C39H44N2/c1-7-17-36(27-26-35-22-13-16-25-39(35)40(6)38-24-15-12-19-31(38)3)41(37-23-14-11-18-30(2)28-37)33(5)29-32(4)34-20-9-8-10-21-34/h7-22,24-25,27-29,33H,23,26H2,1-6H3/b17-7-,32-29+,36-27+. The van der Waals surface area contributed by atoms with E-state index in [1.165, 1.54) is 50.6 Å². The summed E-state index contributed by atoms with van der Waals surface area (Å²) in [5, 5.41) is 0. The zero-order valence-electron chi connectivity index (χ0n) is 25.5. The van der Waals surface area contributed by atoms with Crippen LogP contribution in [0, 0.1) is 6.92 Å². The summed E-state index contributed by atoms with van der Waals surface area (Å²) in [6, 6.07) is 28.2. The first-order valence-corrected chi connectivity index (χ1v) is 14.7. The van der Waals surface area contributed by atoms with E-state index in [-0.39, 0.29) is 6.04 Å². The molecule has 1 unspecified atom stereocenters. The maximum atomic E-state index is 2.51. The van der Waals surface area contributed by atoms with Crippen LogP contribution >= 0.6 is 0 Å². The molecule has 210 valence electrons. The zero-order valence-corrected chi connectivity index (χ0v) is 25.5. The summed E-state index contributed by atoms with van der Waals surface area (Å²) < 4.78 is 0. The third kappa shape index (κ3) is 7.67. The molecule has 1 aliphatic rings. The first-order valence-electron chi connectivity index (χ1n) is 14.7. The van der Waals surface area contributed by atoms with Gasteiger partial charge in [0, 0.05) is 42.3 Å². The van der Waals surface area contributed by atoms with Crippen molar-refractivity contribution in [3.8, 4) is 0 Å². The van der Waals surface area contributed by atoms with Gasteiger partial charge >= 0.3 is 0 Å². The molecule has 41 heavy (non-hydrogen) atoms. The van der Waals surface area contributed by atoms with Crippen LogP contribution in [0.15, 0.2) is 144 Å². The van der Waals surface area contributed by atoms with E-state index in [0.717, 1.165) is 12.8 Å². The number of anilines is 2. The molecule has 2 nitrogen and oxygen atoms in total. The highest BCUT2D eigenvalue weighted by Crippen LogP contribution is 2.31. The van der Waals surface area contributed by atoms with Crippen molar-refractivity contribution in [3.63, 3.8) is 0 Å². The Morgan fingerprint density at radius 3 is 2.32 bits per heavy atom. The average Bonchev–Trinajstić information content (AvgIpc) is 3.20. The maximum absolute atomic E-state index is 2.51. The van der Waals surface area contributed by atoms with Crippen molar-refractivity contribution < 1.29 is 0 Å². The molecule has 0 amide bonds. The molecule has 0 heterocycles. The zero-order chi connectivity index (χ0) is 29.2. The van der Waals surface area contributed by atoms with Gasteiger partial charge in [-0.25, -0.2) is 0 Å². The molecule has 1 aliphatic carbocycles. The van der Waals surface area contributed by atoms with Crippen molar-refractivity contribution in [2.75, 3.05) is 11.9 Å². The Labute approximate surface area is 248 Å². The fraction of sp³-hybridized carbons (Fsp3) is 0.231. The van der Waals surface area contributed by atoms with E-state index in [1.807, 2.05) is 0 Å². The lowest BCUT2D eigenvalue weighted by Crippen LogP contribution is -2.30. The summed E-state index contributed by atoms with van der Waals surface area (Å²) in [5.41, 5.74) is 11.3. The highest BCUT2D eigenvalue weighted by atomic mass is 15.2. The monoisotopic (exact) mass is 540 g/mol. The summed E-state index contributed by atoms with van der Waals surface area (Å²) in [4.78, 5) is 4.82. The summed E-state index contributed by atoms with van der Waals surface area (Å²) in [6.45, 7) is 11.0. The highest BCUT2D eigenvalue weighted by Gasteiger charge is 2.19. The van der Waals surface area contributed by atoms with Crippen LogP contribution in [0.2, 0.25) is 0 Å². The molecule has 0 radical (unpaired) electrons. The third-order valence-electron chi connectivity index (χ3n) is 7.63. The minimum absolute atomic E-state index is 0.160. The van der Waals surface area contributed by atoms with Crippen molar-refractivity contribution in [2.45, 2.75) is 53.5 Å². The lowest BCUT2D eigenvalue weighted by Gasteiger charge is -2.33. The van der Waals surface area contributed by atoms with Crippen LogP contribution in [-0.2, 0) is 6.42 Å². The second-order valence-corrected chi connectivity index (χ2v) is 10.8. The van der Waals surface area contributed by atoms with Gasteiger partial charge in [0.1, 0.15) is 0 Å². The van der Waals surface area contributed by atoms with Gasteiger partial charge in [0.25, 0.3) is 0 Å². The Balaban J connectivity index is 1.74. The minimum Gasteiger partial charge on any atom is -0.344 e. The lowest BCUT2D eigenvalue weighted by molar-refractivity contribution is 0.385. The molecule has 0 N–H and O–H groups in total. The van der Waals surface area contributed by atoms with E-state index < -0.39 is 0 Å². The molecule has 0 saturated carbocycles. The second kappa shape index (κ2) is 14.4. The Morgan fingerprint density at radius 1 is 0.902 bits per heavy atom. The van der Waals surface area contributed by atoms with Gasteiger partial charge in [-0.15, -0.1) is 0 Å². The number of allylic oxidation sites excluding steroid dienone is 9. The van der Waals surface area contributed by atoms with Crippen molar-refractivity contribution in [3.05, 3.63) is 161 Å². The topological polar surface area (TPSA) is 6.48 Å². The third-order valence-corrected chi connectivity index (χ3v) is 7.63. The van der Waals surface area contributed by atoms with Crippen LogP contribution in [0.25, 0.3) is 5.57 Å². The predicted octanol–water partition coefficient (Wildman–Crippen LogP) is 10.3. The number of aryl methyl sites for hydroxylation is 1. The fourth-order valence-electron chi connectivity index (χ4n) is 5.55. The van der Waals surface area contributed by atoms with Crippen molar-refractivity contribution in [2.24, 2.45) is 0 Å². The number of benzene rings is 3. The number of para-hydroxylation sites is 2. The molecular weight excluding hydrogens is 496 g/mol. The van der Waals surface area contributed by atoms with Crippen LogP contribution < -0.4 is 4.90 Å². The van der Waals surface area contributed by atoms with Crippen molar-refractivity contribution in [1.29, 1.82) is 0 Å². The Kier molecular flexibility index (Phi) is 10.4. The van der Waals surface area contributed by atoms with Crippen LogP contribution in [0.3, 0.4) is 0 Å². The minimum atomic E-state index is 0.160. The molecule has 4 rings (SSSR count). The Morgan fingerprint density at radius 2 is 1.59 bits per heavy atom. The van der Waals surface area contributed by atoms with Gasteiger partial charge < -0.3 is 9.80 Å². The van der Waals surface area contributed by atoms with E-state index in [0.29, 0.717) is 0 Å². The quantitative estimate of drug-likeness (QED) is 0.236. The van der Waals surface area contributed by atoms with Crippen LogP contribution in [0.1, 0.15) is 50.8 Å². The van der Waals surface area contributed by atoms with Gasteiger partial charge in [-0.3, -0.25) is 0 Å². The Hall–Kier alpha value is -4.30. The van der Waals surface area contributed by atoms with Crippen molar-refractivity contribution >= 4 is 16.9 Å². The predicted molar refractivity (Wildman–Crippen MR) is 179 cm³/mol. The summed E-state index contributed by atoms with van der Waals surface area (Å²) >= 11 is 0. The van der Waals surface area contributed by atoms with Gasteiger partial charge in [0.2, 0.25) is 0 Å². The first kappa shape index (κ1) is 29.7. The summed E-state index contributed by atoms with van der Waals surface area (Å²) in [7, 11) is 2.17. The van der Waals surface area contributed by atoms with Crippen LogP contribution in [-0.4, -0.2) is 18.0 Å². The highest BCUT2D eigenvalue weighted by molar-refractivity contribution is 5.68. The SMILES string of the molecule is C/C=C\C(=C/Cc1ccccc1N(C)c1ccccc1C)N(C1=CC(C)=CC=CC1)C(C)/C=C(\C)c1ccccc1. The van der Waals surface area contributed by atoms with Gasteiger partial charge in [-0.1, -0.05) is 103 Å². The fourth-order valence-corrected chi connectivity index (χ4v) is 5.55. The van der Waals surface area contributed by atoms with Gasteiger partial charge in [0.05, 0.1) is 0 Å². The molecule has 1 atom stereocenters. The van der Waals surface area contributed by atoms with E-state index in [2.05, 4.69) is 179 Å². The van der Waals surface area contributed by atoms with E-state index in [9.17, 15) is 0 Å². The lowest BCUT2D eigenvalue weighted by atomic mass is 10.0. The molecule has 2 heteroatoms. The number of hydrogen-bond acceptors (Lipinski definition) is 2. The molecule has 3 aromatic rings. The molecule has 0 spiro atoms. The number of nitrogens with zero attached hydrogens (tertiary/aromatic N) is 2. The van der Waals surface area contributed by atoms with Gasteiger partial charge in [0.15, 0.2) is 0 Å². The molecular formula is C39H44N2. The normalized spacial score (nSPS) is 14.9. The largest absolute Gasteiger partial charge is 0.344 e. The van der Waals surface area contributed by atoms with Gasteiger partial charge in [-0.05, 0) is 93.2 Å². The van der Waals surface area contributed by atoms with E-state index >= 15 is 0 Å². The van der Waals surface area contributed by atoms with E-state index in [4.69, 9.17) is 0 Å². The molecule has 0 saturated heterocycles. The van der Waals surface area contributed by atoms with Crippen molar-refractivity contribution in [1.82, 2.24) is 4.90 Å². The molecule has 0 bridgehead atoms. The average molecular weight is 541 g/mol. The van der Waals surface area contributed by atoms with E-state index in [1.54, 1.807) is 0 Å².